The second-order valence-corrected chi connectivity index (χ2v) is 7.66. The molecule has 2 aromatic carbocycles. The number of thiocarbonyl (C=S) groups is 1. The predicted octanol–water partition coefficient (Wildman–Crippen LogP) is 5.61. The molecule has 0 saturated heterocycles. The largest absolute Gasteiger partial charge is 0.497 e. The summed E-state index contributed by atoms with van der Waals surface area (Å²) in [7, 11) is 1.66. The molecule has 1 aromatic heterocycles. The fourth-order valence-corrected chi connectivity index (χ4v) is 3.26. The maximum atomic E-state index is 5.75. The Morgan fingerprint density at radius 2 is 1.69 bits per heavy atom. The molecule has 0 radical (unpaired) electrons. The van der Waals surface area contributed by atoms with Crippen LogP contribution in [-0.4, -0.2) is 22.1 Å². The quantitative estimate of drug-likeness (QED) is 0.517. The van der Waals surface area contributed by atoms with Crippen LogP contribution in [0, 0.1) is 0 Å². The van der Waals surface area contributed by atoms with E-state index in [0.29, 0.717) is 17.6 Å². The fourth-order valence-electron chi connectivity index (χ4n) is 3.02. The number of anilines is 1. The molecule has 0 atom stereocenters. The Kier molecular flexibility index (Phi) is 7.19. The molecule has 29 heavy (non-hydrogen) atoms. The molecule has 0 aliphatic heterocycles. The predicted molar refractivity (Wildman–Crippen MR) is 123 cm³/mol. The number of rotatable bonds is 7. The second-order valence-electron chi connectivity index (χ2n) is 7.27. The Bertz CT molecular complexity index is 909. The summed E-state index contributed by atoms with van der Waals surface area (Å²) in [6.07, 6.45) is 3.66. The van der Waals surface area contributed by atoms with Crippen LogP contribution in [0.2, 0.25) is 0 Å². The van der Waals surface area contributed by atoms with Crippen molar-refractivity contribution in [1.82, 2.24) is 9.88 Å². The number of aromatic nitrogens is 1. The van der Waals surface area contributed by atoms with Crippen molar-refractivity contribution < 1.29 is 4.74 Å². The zero-order valence-corrected chi connectivity index (χ0v) is 17.9. The van der Waals surface area contributed by atoms with Crippen LogP contribution in [0.5, 0.6) is 5.75 Å². The van der Waals surface area contributed by atoms with E-state index in [9.17, 15) is 0 Å². The Morgan fingerprint density at radius 1 is 1.00 bits per heavy atom. The SMILES string of the molecule is COc1ccc(NC(=S)N(Cc2ccc(C(C)C)cc2)Cc2cccnc2)cc1. The normalized spacial score (nSPS) is 10.6. The average molecular weight is 406 g/mol. The summed E-state index contributed by atoms with van der Waals surface area (Å²) in [6.45, 7) is 5.81. The maximum absolute atomic E-state index is 5.75. The van der Waals surface area contributed by atoms with Crippen LogP contribution in [0.3, 0.4) is 0 Å². The van der Waals surface area contributed by atoms with E-state index >= 15 is 0 Å². The topological polar surface area (TPSA) is 37.4 Å². The Labute approximate surface area is 178 Å². The van der Waals surface area contributed by atoms with Crippen LogP contribution in [0.1, 0.15) is 36.5 Å². The van der Waals surface area contributed by atoms with Gasteiger partial charge in [-0.05, 0) is 65.2 Å². The van der Waals surface area contributed by atoms with E-state index in [1.807, 2.05) is 36.5 Å². The van der Waals surface area contributed by atoms with Crippen molar-refractivity contribution in [3.05, 3.63) is 89.7 Å². The third kappa shape index (κ3) is 6.03. The van der Waals surface area contributed by atoms with Crippen LogP contribution in [0.15, 0.2) is 73.1 Å². The van der Waals surface area contributed by atoms with E-state index in [1.54, 1.807) is 13.3 Å². The maximum Gasteiger partial charge on any atom is 0.174 e. The molecule has 0 saturated carbocycles. The minimum Gasteiger partial charge on any atom is -0.497 e. The second kappa shape index (κ2) is 10.0. The van der Waals surface area contributed by atoms with Gasteiger partial charge in [0, 0.05) is 31.2 Å². The van der Waals surface area contributed by atoms with Gasteiger partial charge < -0.3 is 15.0 Å². The Morgan fingerprint density at radius 3 is 2.28 bits per heavy atom. The molecule has 5 heteroatoms. The van der Waals surface area contributed by atoms with Crippen molar-refractivity contribution in [3.63, 3.8) is 0 Å². The van der Waals surface area contributed by atoms with Crippen molar-refractivity contribution in [3.8, 4) is 5.75 Å². The van der Waals surface area contributed by atoms with E-state index in [-0.39, 0.29) is 0 Å². The van der Waals surface area contributed by atoms with E-state index in [1.165, 1.54) is 11.1 Å². The zero-order chi connectivity index (χ0) is 20.6. The lowest BCUT2D eigenvalue weighted by molar-refractivity contribution is 0.412. The number of ether oxygens (including phenoxy) is 1. The minimum atomic E-state index is 0.522. The van der Waals surface area contributed by atoms with E-state index in [2.05, 4.69) is 59.4 Å². The summed E-state index contributed by atoms with van der Waals surface area (Å²) >= 11 is 5.75. The van der Waals surface area contributed by atoms with Gasteiger partial charge in [0.05, 0.1) is 7.11 Å². The first-order valence-corrected chi connectivity index (χ1v) is 10.1. The van der Waals surface area contributed by atoms with Gasteiger partial charge in [-0.15, -0.1) is 0 Å². The summed E-state index contributed by atoms with van der Waals surface area (Å²) in [4.78, 5) is 6.39. The number of hydrogen-bond acceptors (Lipinski definition) is 3. The number of benzene rings is 2. The van der Waals surface area contributed by atoms with E-state index in [4.69, 9.17) is 17.0 Å². The first-order valence-electron chi connectivity index (χ1n) is 9.73. The molecule has 3 aromatic rings. The summed E-state index contributed by atoms with van der Waals surface area (Å²) in [5.41, 5.74) is 4.61. The molecule has 0 aliphatic rings. The highest BCUT2D eigenvalue weighted by molar-refractivity contribution is 7.80. The van der Waals surface area contributed by atoms with Crippen LogP contribution >= 0.6 is 12.2 Å². The number of nitrogens with one attached hydrogen (secondary N) is 1. The van der Waals surface area contributed by atoms with Crippen LogP contribution in [0.4, 0.5) is 5.69 Å². The average Bonchev–Trinajstić information content (AvgIpc) is 2.75. The third-order valence-corrected chi connectivity index (χ3v) is 5.10. The van der Waals surface area contributed by atoms with Gasteiger partial charge in [-0.3, -0.25) is 4.98 Å². The van der Waals surface area contributed by atoms with Crippen molar-refractivity contribution in [2.24, 2.45) is 0 Å². The highest BCUT2D eigenvalue weighted by atomic mass is 32.1. The van der Waals surface area contributed by atoms with Gasteiger partial charge in [-0.25, -0.2) is 0 Å². The van der Waals surface area contributed by atoms with Gasteiger partial charge in [0.25, 0.3) is 0 Å². The molecule has 4 nitrogen and oxygen atoms in total. The van der Waals surface area contributed by atoms with Crippen LogP contribution in [0.25, 0.3) is 0 Å². The lowest BCUT2D eigenvalue weighted by Crippen LogP contribution is -2.33. The molecule has 0 unspecified atom stereocenters. The number of methoxy groups -OCH3 is 1. The van der Waals surface area contributed by atoms with E-state index < -0.39 is 0 Å². The monoisotopic (exact) mass is 405 g/mol. The number of nitrogens with zero attached hydrogens (tertiary/aromatic N) is 2. The molecule has 0 aliphatic carbocycles. The van der Waals surface area contributed by atoms with Gasteiger partial charge >= 0.3 is 0 Å². The van der Waals surface area contributed by atoms with Gasteiger partial charge in [-0.1, -0.05) is 44.2 Å². The van der Waals surface area contributed by atoms with Crippen LogP contribution < -0.4 is 10.1 Å². The molecule has 150 valence electrons. The first-order chi connectivity index (χ1) is 14.0. The summed E-state index contributed by atoms with van der Waals surface area (Å²) in [6, 6.07) is 20.5. The lowest BCUT2D eigenvalue weighted by Gasteiger charge is -2.26. The van der Waals surface area contributed by atoms with Crippen molar-refractivity contribution >= 4 is 23.0 Å². The van der Waals surface area contributed by atoms with Gasteiger partial charge in [0.2, 0.25) is 0 Å². The minimum absolute atomic E-state index is 0.522. The van der Waals surface area contributed by atoms with Crippen LogP contribution in [-0.2, 0) is 13.1 Å². The summed E-state index contributed by atoms with van der Waals surface area (Å²) < 4.78 is 5.23. The molecule has 0 amide bonds. The molecule has 3 rings (SSSR count). The summed E-state index contributed by atoms with van der Waals surface area (Å²) in [5, 5.41) is 4.02. The molecule has 0 bridgehead atoms. The van der Waals surface area contributed by atoms with Crippen molar-refractivity contribution in [1.29, 1.82) is 0 Å². The Hall–Kier alpha value is -2.92. The molecule has 1 N–H and O–H groups in total. The number of hydrogen-bond donors (Lipinski definition) is 1. The highest BCUT2D eigenvalue weighted by Gasteiger charge is 2.12. The van der Waals surface area contributed by atoms with E-state index in [0.717, 1.165) is 23.5 Å². The highest BCUT2D eigenvalue weighted by Crippen LogP contribution is 2.19. The van der Waals surface area contributed by atoms with Crippen molar-refractivity contribution in [2.75, 3.05) is 12.4 Å². The fraction of sp³-hybridized carbons (Fsp3) is 0.250. The smallest absolute Gasteiger partial charge is 0.174 e. The first kappa shape index (κ1) is 20.8. The van der Waals surface area contributed by atoms with Gasteiger partial charge in [-0.2, -0.15) is 0 Å². The third-order valence-electron chi connectivity index (χ3n) is 4.74. The molecular weight excluding hydrogens is 378 g/mol. The zero-order valence-electron chi connectivity index (χ0n) is 17.1. The standard InChI is InChI=1S/C24H27N3OS/c1-18(2)21-8-6-19(7-9-21)16-27(17-20-5-4-14-25-15-20)24(29)26-22-10-12-23(28-3)13-11-22/h4-15,18H,16-17H2,1-3H3,(H,26,29). The summed E-state index contributed by atoms with van der Waals surface area (Å²) in [5.74, 6) is 1.34. The molecule has 0 spiro atoms. The Balaban J connectivity index is 1.76. The van der Waals surface area contributed by atoms with Gasteiger partial charge in [0.15, 0.2) is 5.11 Å². The molecule has 0 fully saturated rings. The lowest BCUT2D eigenvalue weighted by atomic mass is 10.0. The number of pyridine rings is 1. The molecular formula is C24H27N3OS. The molecule has 1 heterocycles. The van der Waals surface area contributed by atoms with Crippen molar-refractivity contribution in [2.45, 2.75) is 32.9 Å². The van der Waals surface area contributed by atoms with Gasteiger partial charge in [0.1, 0.15) is 5.75 Å².